The van der Waals surface area contributed by atoms with E-state index in [9.17, 15) is 4.79 Å². The molecule has 0 spiro atoms. The van der Waals surface area contributed by atoms with E-state index in [1.807, 2.05) is 13.8 Å². The number of carbonyl (C=O) groups is 1. The van der Waals surface area contributed by atoms with Gasteiger partial charge >= 0.3 is 5.97 Å². The van der Waals surface area contributed by atoms with Crippen molar-refractivity contribution in [1.82, 2.24) is 14.8 Å². The van der Waals surface area contributed by atoms with Crippen LogP contribution in [-0.2, 0) is 14.9 Å². The highest BCUT2D eigenvalue weighted by Crippen LogP contribution is 2.44. The standard InChI is InChI=1S/C15H23N3O2/c1-3-20-14(19)15(9-5-4-6-10-15)13-17-16-11(2)18(13)12-7-8-12/h12H,3-10H2,1-2H3. The van der Waals surface area contributed by atoms with Gasteiger partial charge in [-0.15, -0.1) is 10.2 Å². The lowest BCUT2D eigenvalue weighted by Gasteiger charge is -2.34. The Hall–Kier alpha value is -1.39. The summed E-state index contributed by atoms with van der Waals surface area (Å²) in [6.45, 7) is 4.28. The fraction of sp³-hybridized carbons (Fsp3) is 0.800. The Bertz CT molecular complexity index is 499. The molecule has 2 fully saturated rings. The molecule has 0 bridgehead atoms. The van der Waals surface area contributed by atoms with E-state index in [2.05, 4.69) is 14.8 Å². The van der Waals surface area contributed by atoms with Crippen molar-refractivity contribution in [2.75, 3.05) is 6.61 Å². The average molecular weight is 277 g/mol. The maximum Gasteiger partial charge on any atom is 0.319 e. The first-order chi connectivity index (χ1) is 9.69. The van der Waals surface area contributed by atoms with Crippen LogP contribution in [0.3, 0.4) is 0 Å². The first-order valence-electron chi connectivity index (χ1n) is 7.78. The predicted molar refractivity (Wildman–Crippen MR) is 74.4 cm³/mol. The largest absolute Gasteiger partial charge is 0.465 e. The molecule has 0 saturated heterocycles. The van der Waals surface area contributed by atoms with Gasteiger partial charge < -0.3 is 9.30 Å². The number of hydrogen-bond donors (Lipinski definition) is 0. The van der Waals surface area contributed by atoms with Gasteiger partial charge in [0.2, 0.25) is 0 Å². The van der Waals surface area contributed by atoms with Crippen LogP contribution >= 0.6 is 0 Å². The summed E-state index contributed by atoms with van der Waals surface area (Å²) < 4.78 is 7.58. The van der Waals surface area contributed by atoms with Crippen LogP contribution in [0.1, 0.15) is 69.6 Å². The van der Waals surface area contributed by atoms with Crippen molar-refractivity contribution >= 4 is 5.97 Å². The lowest BCUT2D eigenvalue weighted by Crippen LogP contribution is -2.42. The van der Waals surface area contributed by atoms with Gasteiger partial charge in [-0.3, -0.25) is 4.79 Å². The smallest absolute Gasteiger partial charge is 0.319 e. The minimum atomic E-state index is -0.557. The predicted octanol–water partition coefficient (Wildman–Crippen LogP) is 2.69. The van der Waals surface area contributed by atoms with Crippen LogP contribution in [0.15, 0.2) is 0 Å². The van der Waals surface area contributed by atoms with E-state index < -0.39 is 5.41 Å². The lowest BCUT2D eigenvalue weighted by molar-refractivity contribution is -0.152. The second-order valence-corrected chi connectivity index (χ2v) is 6.04. The third kappa shape index (κ3) is 2.13. The molecular weight excluding hydrogens is 254 g/mol. The van der Waals surface area contributed by atoms with E-state index in [1.54, 1.807) is 0 Å². The Balaban J connectivity index is 2.02. The van der Waals surface area contributed by atoms with E-state index in [4.69, 9.17) is 4.74 Å². The van der Waals surface area contributed by atoms with E-state index in [1.165, 1.54) is 19.3 Å². The van der Waals surface area contributed by atoms with Crippen LogP contribution < -0.4 is 0 Å². The first kappa shape index (κ1) is 13.6. The van der Waals surface area contributed by atoms with Crippen LogP contribution in [0, 0.1) is 6.92 Å². The molecule has 5 nitrogen and oxygen atoms in total. The van der Waals surface area contributed by atoms with Crippen LogP contribution in [0.5, 0.6) is 0 Å². The minimum absolute atomic E-state index is 0.103. The number of nitrogens with zero attached hydrogens (tertiary/aromatic N) is 3. The lowest BCUT2D eigenvalue weighted by atomic mass is 9.73. The number of carbonyl (C=O) groups excluding carboxylic acids is 1. The molecule has 1 heterocycles. The third-order valence-corrected chi connectivity index (χ3v) is 4.58. The number of aryl methyl sites for hydroxylation is 1. The molecule has 5 heteroatoms. The van der Waals surface area contributed by atoms with Crippen LogP contribution in [0.4, 0.5) is 0 Å². The molecule has 0 amide bonds. The summed E-state index contributed by atoms with van der Waals surface area (Å²) in [4.78, 5) is 12.6. The van der Waals surface area contributed by atoms with Gasteiger partial charge in [0, 0.05) is 6.04 Å². The normalized spacial score (nSPS) is 21.7. The maximum absolute atomic E-state index is 12.6. The quantitative estimate of drug-likeness (QED) is 0.794. The molecule has 0 N–H and O–H groups in total. The Morgan fingerprint density at radius 1 is 1.30 bits per heavy atom. The molecule has 0 radical (unpaired) electrons. The summed E-state index contributed by atoms with van der Waals surface area (Å²) >= 11 is 0. The van der Waals surface area contributed by atoms with Gasteiger partial charge in [-0.2, -0.15) is 0 Å². The molecular formula is C15H23N3O2. The van der Waals surface area contributed by atoms with E-state index in [0.717, 1.165) is 37.3 Å². The highest BCUT2D eigenvalue weighted by Gasteiger charge is 2.48. The Labute approximate surface area is 119 Å². The zero-order valence-electron chi connectivity index (χ0n) is 12.4. The Morgan fingerprint density at radius 3 is 2.60 bits per heavy atom. The Morgan fingerprint density at radius 2 is 2.00 bits per heavy atom. The van der Waals surface area contributed by atoms with Gasteiger partial charge in [-0.1, -0.05) is 19.3 Å². The fourth-order valence-corrected chi connectivity index (χ4v) is 3.41. The molecule has 1 aromatic rings. The molecule has 0 unspecified atom stereocenters. The molecule has 0 aliphatic heterocycles. The van der Waals surface area contributed by atoms with Gasteiger partial charge in [-0.05, 0) is 39.5 Å². The summed E-state index contributed by atoms with van der Waals surface area (Å²) in [5, 5.41) is 8.63. The summed E-state index contributed by atoms with van der Waals surface area (Å²) in [7, 11) is 0. The van der Waals surface area contributed by atoms with Gasteiger partial charge in [-0.25, -0.2) is 0 Å². The fourth-order valence-electron chi connectivity index (χ4n) is 3.41. The average Bonchev–Trinajstić information content (AvgIpc) is 3.22. The van der Waals surface area contributed by atoms with Crippen molar-refractivity contribution in [1.29, 1.82) is 0 Å². The maximum atomic E-state index is 12.6. The van der Waals surface area contributed by atoms with Gasteiger partial charge in [0.05, 0.1) is 6.61 Å². The second kappa shape index (κ2) is 5.19. The van der Waals surface area contributed by atoms with Crippen molar-refractivity contribution in [3.8, 4) is 0 Å². The molecule has 20 heavy (non-hydrogen) atoms. The summed E-state index contributed by atoms with van der Waals surface area (Å²) in [5.74, 6) is 1.68. The van der Waals surface area contributed by atoms with Crippen molar-refractivity contribution in [2.45, 2.75) is 70.3 Å². The van der Waals surface area contributed by atoms with Crippen molar-refractivity contribution < 1.29 is 9.53 Å². The summed E-state index contributed by atoms with van der Waals surface area (Å²) in [5.41, 5.74) is -0.557. The molecule has 3 rings (SSSR count). The minimum Gasteiger partial charge on any atom is -0.465 e. The topological polar surface area (TPSA) is 57.0 Å². The van der Waals surface area contributed by atoms with Crippen LogP contribution in [0.25, 0.3) is 0 Å². The first-order valence-corrected chi connectivity index (χ1v) is 7.78. The monoisotopic (exact) mass is 277 g/mol. The molecule has 0 atom stereocenters. The summed E-state index contributed by atoms with van der Waals surface area (Å²) in [6, 6.07) is 0.494. The van der Waals surface area contributed by atoms with Gasteiger partial charge in [0.15, 0.2) is 5.82 Å². The number of aromatic nitrogens is 3. The summed E-state index contributed by atoms with van der Waals surface area (Å²) in [6.07, 6.45) is 7.35. The molecule has 110 valence electrons. The van der Waals surface area contributed by atoms with E-state index in [0.29, 0.717) is 12.6 Å². The molecule has 2 aliphatic rings. The highest BCUT2D eigenvalue weighted by molar-refractivity contribution is 5.82. The van der Waals surface area contributed by atoms with E-state index >= 15 is 0 Å². The van der Waals surface area contributed by atoms with Crippen molar-refractivity contribution in [3.05, 3.63) is 11.6 Å². The van der Waals surface area contributed by atoms with E-state index in [-0.39, 0.29) is 5.97 Å². The van der Waals surface area contributed by atoms with Gasteiger partial charge in [0.1, 0.15) is 11.2 Å². The van der Waals surface area contributed by atoms with Gasteiger partial charge in [0.25, 0.3) is 0 Å². The zero-order valence-corrected chi connectivity index (χ0v) is 12.4. The van der Waals surface area contributed by atoms with Crippen LogP contribution in [0.2, 0.25) is 0 Å². The number of rotatable bonds is 4. The zero-order chi connectivity index (χ0) is 14.2. The molecule has 2 saturated carbocycles. The number of ether oxygens (including phenoxy) is 1. The Kier molecular flexibility index (Phi) is 3.52. The van der Waals surface area contributed by atoms with Crippen LogP contribution in [-0.4, -0.2) is 27.3 Å². The SMILES string of the molecule is CCOC(=O)C1(c2nnc(C)n2C2CC2)CCCCC1. The second-order valence-electron chi connectivity index (χ2n) is 6.04. The number of hydrogen-bond acceptors (Lipinski definition) is 4. The highest BCUT2D eigenvalue weighted by atomic mass is 16.5. The third-order valence-electron chi connectivity index (χ3n) is 4.58. The number of esters is 1. The van der Waals surface area contributed by atoms with Crippen molar-refractivity contribution in [2.24, 2.45) is 0 Å². The molecule has 0 aromatic carbocycles. The molecule has 1 aromatic heterocycles. The van der Waals surface area contributed by atoms with Crippen molar-refractivity contribution in [3.63, 3.8) is 0 Å². The molecule has 2 aliphatic carbocycles.